The van der Waals surface area contributed by atoms with Gasteiger partial charge in [0.25, 0.3) is 0 Å². The van der Waals surface area contributed by atoms with Crippen LogP contribution >= 0.6 is 0 Å². The maximum absolute atomic E-state index is 5.58. The summed E-state index contributed by atoms with van der Waals surface area (Å²) >= 11 is 0. The average molecular weight is 259 g/mol. The first-order valence-electron chi connectivity index (χ1n) is 6.68. The number of methoxy groups -OCH3 is 1. The first-order valence-corrected chi connectivity index (χ1v) is 6.68. The summed E-state index contributed by atoms with van der Waals surface area (Å²) in [7, 11) is 1.69. The van der Waals surface area contributed by atoms with Crippen LogP contribution in [0.4, 0.5) is 0 Å². The Morgan fingerprint density at radius 1 is 1.21 bits per heavy atom. The Morgan fingerprint density at radius 2 is 2.05 bits per heavy atom. The highest BCUT2D eigenvalue weighted by atomic mass is 16.5. The number of ether oxygens (including phenoxy) is 1. The maximum Gasteiger partial charge on any atom is 0.125 e. The van der Waals surface area contributed by atoms with E-state index in [0.29, 0.717) is 0 Å². The van der Waals surface area contributed by atoms with Crippen molar-refractivity contribution in [2.75, 3.05) is 13.7 Å². The highest BCUT2D eigenvalue weighted by molar-refractivity contribution is 5.69. The van der Waals surface area contributed by atoms with E-state index >= 15 is 0 Å². The van der Waals surface area contributed by atoms with Crippen LogP contribution in [0.15, 0.2) is 34.9 Å². The fraction of sp³-hybridized carbons (Fsp3) is 0.375. The molecule has 0 amide bonds. The SMILES string of the molecule is CCCNCc1occc1-c1ccc(OC)cc1C. The minimum atomic E-state index is 0.766. The average Bonchev–Trinajstić information content (AvgIpc) is 2.87. The van der Waals surface area contributed by atoms with Crippen molar-refractivity contribution in [3.05, 3.63) is 41.9 Å². The lowest BCUT2D eigenvalue weighted by molar-refractivity contribution is 0.414. The quantitative estimate of drug-likeness (QED) is 0.802. The van der Waals surface area contributed by atoms with E-state index in [4.69, 9.17) is 9.15 Å². The highest BCUT2D eigenvalue weighted by Crippen LogP contribution is 2.30. The van der Waals surface area contributed by atoms with E-state index in [1.807, 2.05) is 18.2 Å². The van der Waals surface area contributed by atoms with Gasteiger partial charge >= 0.3 is 0 Å². The topological polar surface area (TPSA) is 34.4 Å². The molecule has 0 aliphatic carbocycles. The summed E-state index contributed by atoms with van der Waals surface area (Å²) in [5, 5.41) is 3.37. The van der Waals surface area contributed by atoms with Gasteiger partial charge in [-0.05, 0) is 49.2 Å². The first-order chi connectivity index (χ1) is 9.26. The lowest BCUT2D eigenvalue weighted by atomic mass is 10.0. The van der Waals surface area contributed by atoms with Crippen LogP contribution in [0.25, 0.3) is 11.1 Å². The van der Waals surface area contributed by atoms with Gasteiger partial charge in [-0.15, -0.1) is 0 Å². The van der Waals surface area contributed by atoms with E-state index in [9.17, 15) is 0 Å². The highest BCUT2D eigenvalue weighted by Gasteiger charge is 2.11. The van der Waals surface area contributed by atoms with Gasteiger partial charge in [0.05, 0.1) is 19.9 Å². The summed E-state index contributed by atoms with van der Waals surface area (Å²) in [5.41, 5.74) is 3.55. The molecule has 19 heavy (non-hydrogen) atoms. The molecule has 0 aliphatic rings. The van der Waals surface area contributed by atoms with Gasteiger partial charge in [0.15, 0.2) is 0 Å². The first kappa shape index (κ1) is 13.7. The molecule has 0 aliphatic heterocycles. The van der Waals surface area contributed by atoms with Crippen molar-refractivity contribution in [3.63, 3.8) is 0 Å². The normalized spacial score (nSPS) is 10.7. The fourth-order valence-corrected chi connectivity index (χ4v) is 2.16. The van der Waals surface area contributed by atoms with Gasteiger partial charge in [-0.1, -0.05) is 13.0 Å². The van der Waals surface area contributed by atoms with Crippen LogP contribution in [-0.2, 0) is 6.54 Å². The Morgan fingerprint density at radius 3 is 2.74 bits per heavy atom. The van der Waals surface area contributed by atoms with Crippen LogP contribution in [0.1, 0.15) is 24.7 Å². The Bertz CT molecular complexity index is 531. The van der Waals surface area contributed by atoms with Crippen LogP contribution in [0.5, 0.6) is 5.75 Å². The second-order valence-electron chi connectivity index (χ2n) is 4.62. The molecule has 0 unspecified atom stereocenters. The van der Waals surface area contributed by atoms with Crippen LogP contribution in [0, 0.1) is 6.92 Å². The monoisotopic (exact) mass is 259 g/mol. The van der Waals surface area contributed by atoms with Crippen molar-refractivity contribution in [1.82, 2.24) is 5.32 Å². The molecule has 0 radical (unpaired) electrons. The molecule has 0 saturated heterocycles. The van der Waals surface area contributed by atoms with Crippen molar-refractivity contribution in [2.24, 2.45) is 0 Å². The predicted octanol–water partition coefficient (Wildman–Crippen LogP) is 3.76. The predicted molar refractivity (Wildman–Crippen MR) is 77.4 cm³/mol. The van der Waals surface area contributed by atoms with E-state index in [1.54, 1.807) is 13.4 Å². The molecule has 0 spiro atoms. The third-order valence-electron chi connectivity index (χ3n) is 3.18. The molecule has 0 bridgehead atoms. The molecular weight excluding hydrogens is 238 g/mol. The lowest BCUT2D eigenvalue weighted by Gasteiger charge is -2.09. The van der Waals surface area contributed by atoms with Gasteiger partial charge in [-0.25, -0.2) is 0 Å². The minimum absolute atomic E-state index is 0.766. The number of hydrogen-bond donors (Lipinski definition) is 1. The summed E-state index contributed by atoms with van der Waals surface area (Å²) < 4.78 is 10.8. The summed E-state index contributed by atoms with van der Waals surface area (Å²) in [4.78, 5) is 0. The Labute approximate surface area is 114 Å². The molecule has 1 N–H and O–H groups in total. The molecule has 0 saturated carbocycles. The van der Waals surface area contributed by atoms with Crippen LogP contribution < -0.4 is 10.1 Å². The molecule has 0 atom stereocenters. The zero-order chi connectivity index (χ0) is 13.7. The second kappa shape index (κ2) is 6.43. The second-order valence-corrected chi connectivity index (χ2v) is 4.62. The van der Waals surface area contributed by atoms with Crippen molar-refractivity contribution >= 4 is 0 Å². The Kier molecular flexibility index (Phi) is 4.63. The molecule has 1 heterocycles. The lowest BCUT2D eigenvalue weighted by Crippen LogP contribution is -2.13. The number of nitrogens with one attached hydrogen (secondary N) is 1. The third-order valence-corrected chi connectivity index (χ3v) is 3.18. The molecule has 2 aromatic rings. The largest absolute Gasteiger partial charge is 0.497 e. The van der Waals surface area contributed by atoms with Crippen molar-refractivity contribution in [2.45, 2.75) is 26.8 Å². The van der Waals surface area contributed by atoms with Crippen LogP contribution in [-0.4, -0.2) is 13.7 Å². The zero-order valence-electron chi connectivity index (χ0n) is 11.8. The number of aryl methyl sites for hydroxylation is 1. The molecule has 2 rings (SSSR count). The summed E-state index contributed by atoms with van der Waals surface area (Å²) in [5.74, 6) is 1.87. The Hall–Kier alpha value is -1.74. The van der Waals surface area contributed by atoms with Crippen LogP contribution in [0.2, 0.25) is 0 Å². The van der Waals surface area contributed by atoms with E-state index in [1.165, 1.54) is 11.1 Å². The van der Waals surface area contributed by atoms with Gasteiger partial charge < -0.3 is 14.5 Å². The van der Waals surface area contributed by atoms with Gasteiger partial charge in [0, 0.05) is 5.56 Å². The fourth-order valence-electron chi connectivity index (χ4n) is 2.16. The number of hydrogen-bond acceptors (Lipinski definition) is 3. The van der Waals surface area contributed by atoms with E-state index < -0.39 is 0 Å². The summed E-state index contributed by atoms with van der Waals surface area (Å²) in [6.45, 7) is 6.02. The van der Waals surface area contributed by atoms with E-state index in [-0.39, 0.29) is 0 Å². The van der Waals surface area contributed by atoms with Gasteiger partial charge in [-0.2, -0.15) is 0 Å². The van der Waals surface area contributed by atoms with Gasteiger partial charge in [0.1, 0.15) is 11.5 Å². The number of benzene rings is 1. The maximum atomic E-state index is 5.58. The van der Waals surface area contributed by atoms with E-state index in [2.05, 4.69) is 25.2 Å². The molecule has 1 aromatic carbocycles. The smallest absolute Gasteiger partial charge is 0.125 e. The van der Waals surface area contributed by atoms with Crippen molar-refractivity contribution < 1.29 is 9.15 Å². The molecule has 102 valence electrons. The van der Waals surface area contributed by atoms with Crippen molar-refractivity contribution in [3.8, 4) is 16.9 Å². The molecule has 3 heteroatoms. The summed E-state index contributed by atoms with van der Waals surface area (Å²) in [6.07, 6.45) is 2.87. The minimum Gasteiger partial charge on any atom is -0.497 e. The molecule has 3 nitrogen and oxygen atoms in total. The number of furan rings is 1. The number of rotatable bonds is 6. The zero-order valence-corrected chi connectivity index (χ0v) is 11.8. The van der Waals surface area contributed by atoms with Crippen molar-refractivity contribution in [1.29, 1.82) is 0 Å². The van der Waals surface area contributed by atoms with E-state index in [0.717, 1.165) is 36.6 Å². The standard InChI is InChI=1S/C16H21NO2/c1-4-8-17-11-16-15(7-9-19-16)14-6-5-13(18-3)10-12(14)2/h5-7,9-10,17H,4,8,11H2,1-3H3. The molecule has 0 fully saturated rings. The van der Waals surface area contributed by atoms with Gasteiger partial charge in [0.2, 0.25) is 0 Å². The van der Waals surface area contributed by atoms with Gasteiger partial charge in [-0.3, -0.25) is 0 Å². The Balaban J connectivity index is 2.24. The van der Waals surface area contributed by atoms with Crippen LogP contribution in [0.3, 0.4) is 0 Å². The summed E-state index contributed by atoms with van der Waals surface area (Å²) in [6, 6.07) is 8.14. The third kappa shape index (κ3) is 3.18. The molecular formula is C16H21NO2. The molecule has 1 aromatic heterocycles.